The third-order valence-corrected chi connectivity index (χ3v) is 13.1. The average Bonchev–Trinajstić information content (AvgIpc) is 3.05. The van der Waals surface area contributed by atoms with E-state index in [-0.39, 0.29) is 17.5 Å². The predicted octanol–water partition coefficient (Wildman–Crippen LogP) is 7.30. The number of carbonyl (C=O) groups excluding carboxylic acids is 2. The summed E-state index contributed by atoms with van der Waals surface area (Å²) in [7, 11) is -1.99. The highest BCUT2D eigenvalue weighted by atomic mass is 31.2. The van der Waals surface area contributed by atoms with Crippen LogP contribution in [-0.2, 0) is 4.74 Å². The number of benzene rings is 4. The molecule has 3 nitrogen and oxygen atoms in total. The van der Waals surface area contributed by atoms with Crippen LogP contribution in [0.3, 0.4) is 0 Å². The summed E-state index contributed by atoms with van der Waals surface area (Å²) in [6, 6.07) is 39.6. The maximum atomic E-state index is 13.7. The summed E-state index contributed by atoms with van der Waals surface area (Å²) in [4.78, 5) is 27.5. The molecule has 0 heterocycles. The van der Waals surface area contributed by atoms with Crippen LogP contribution in [0.1, 0.15) is 59.2 Å². The Morgan fingerprint density at radius 3 is 1.56 bits per heavy atom. The van der Waals surface area contributed by atoms with Crippen LogP contribution in [0.15, 0.2) is 127 Å². The first kappa shape index (κ1) is 27.4. The average molecular weight is 560 g/mol. The highest BCUT2D eigenvalue weighted by Gasteiger charge is 2.45. The highest BCUT2D eigenvalue weighted by Crippen LogP contribution is 2.55. The molecule has 4 heteroatoms. The zero-order chi connectivity index (χ0) is 28.1. The number of carbonyl (C=O) groups is 2. The first-order valence-corrected chi connectivity index (χ1v) is 16.8. The molecule has 0 amide bonds. The van der Waals surface area contributed by atoms with Gasteiger partial charge in [-0.2, -0.15) is 0 Å². The van der Waals surface area contributed by atoms with Gasteiger partial charge in [0.1, 0.15) is 23.2 Å². The van der Waals surface area contributed by atoms with E-state index in [1.807, 2.05) is 12.1 Å². The smallest absolute Gasteiger partial charge is 0.228 e. The second-order valence-corrected chi connectivity index (χ2v) is 14.6. The Morgan fingerprint density at radius 2 is 1.05 bits per heavy atom. The summed E-state index contributed by atoms with van der Waals surface area (Å²) in [6.07, 6.45) is 6.89. The molecule has 0 spiro atoms. The van der Waals surface area contributed by atoms with Gasteiger partial charge in [0.25, 0.3) is 0 Å². The molecule has 41 heavy (non-hydrogen) atoms. The van der Waals surface area contributed by atoms with E-state index in [4.69, 9.17) is 4.74 Å². The van der Waals surface area contributed by atoms with Crippen LogP contribution in [0, 0.1) is 5.92 Å². The van der Waals surface area contributed by atoms with E-state index in [1.165, 1.54) is 22.3 Å². The highest BCUT2D eigenvalue weighted by molar-refractivity contribution is 7.95. The van der Waals surface area contributed by atoms with E-state index in [0.717, 1.165) is 38.3 Å². The summed E-state index contributed by atoms with van der Waals surface area (Å²) in [6.45, 7) is 0.390. The Morgan fingerprint density at radius 1 is 0.585 bits per heavy atom. The standard InChI is InChI=1S/C37H36O3P/c38-35-32-24-13-14-25-33(32)36(39)37(34(35)28-16-5-1-6-17-28)40-26-15-27-41(29-18-7-2-8-19-29,30-20-9-3-10-21-30)31-22-11-4-12-23-31/h2-4,7-14,18-25,28H,1,5-6,15-17,26-27H2/q+1. The van der Waals surface area contributed by atoms with E-state index in [1.54, 1.807) is 12.1 Å². The molecule has 0 N–H and O–H groups in total. The van der Waals surface area contributed by atoms with Crippen molar-refractivity contribution in [1.82, 2.24) is 0 Å². The van der Waals surface area contributed by atoms with Gasteiger partial charge in [-0.05, 0) is 55.2 Å². The largest absolute Gasteiger partial charge is 0.489 e. The fourth-order valence-corrected chi connectivity index (χ4v) is 11.0. The monoisotopic (exact) mass is 559 g/mol. The fraction of sp³-hybridized carbons (Fsp3) is 0.243. The van der Waals surface area contributed by atoms with Crippen molar-refractivity contribution in [2.75, 3.05) is 12.8 Å². The number of Topliss-reactive ketones (excluding diaryl/α,β-unsaturated/α-hetero) is 2. The molecule has 0 saturated heterocycles. The molecule has 4 aromatic rings. The molecule has 0 aliphatic heterocycles. The van der Waals surface area contributed by atoms with E-state index >= 15 is 0 Å². The first-order valence-electron chi connectivity index (χ1n) is 14.8. The number of ether oxygens (including phenoxy) is 1. The molecule has 0 aromatic heterocycles. The van der Waals surface area contributed by atoms with Gasteiger partial charge in [0.2, 0.25) is 5.78 Å². The van der Waals surface area contributed by atoms with Gasteiger partial charge in [-0.25, -0.2) is 0 Å². The number of fused-ring (bicyclic) bond motifs is 1. The minimum Gasteiger partial charge on any atom is -0.489 e. The van der Waals surface area contributed by atoms with Crippen molar-refractivity contribution in [2.24, 2.45) is 5.92 Å². The minimum absolute atomic E-state index is 0.0261. The molecule has 6 rings (SSSR count). The molecule has 0 atom stereocenters. The SMILES string of the molecule is O=C1C(OCCC[P+](c2ccccc2)(c2ccccc2)c2ccccc2)=C(C2CCCCC2)C(=O)c2ccccc21. The van der Waals surface area contributed by atoms with Crippen molar-refractivity contribution in [3.63, 3.8) is 0 Å². The Hall–Kier alpha value is -3.81. The summed E-state index contributed by atoms with van der Waals surface area (Å²) < 4.78 is 6.42. The van der Waals surface area contributed by atoms with Gasteiger partial charge in [0.05, 0.1) is 12.8 Å². The maximum absolute atomic E-state index is 13.7. The van der Waals surface area contributed by atoms with Gasteiger partial charge in [-0.1, -0.05) is 98.1 Å². The molecule has 0 unspecified atom stereocenters. The van der Waals surface area contributed by atoms with Crippen molar-refractivity contribution in [3.8, 4) is 0 Å². The second kappa shape index (κ2) is 12.4. The molecule has 4 aromatic carbocycles. The molecule has 206 valence electrons. The number of rotatable bonds is 9. The fourth-order valence-electron chi connectivity index (χ4n) is 6.64. The van der Waals surface area contributed by atoms with Gasteiger partial charge in [-0.3, -0.25) is 9.59 Å². The van der Waals surface area contributed by atoms with Crippen LogP contribution in [-0.4, -0.2) is 24.3 Å². The maximum Gasteiger partial charge on any atom is 0.228 e. The molecule has 0 bridgehead atoms. The van der Waals surface area contributed by atoms with Gasteiger partial charge >= 0.3 is 0 Å². The first-order chi connectivity index (χ1) is 20.2. The van der Waals surface area contributed by atoms with Crippen LogP contribution in [0.2, 0.25) is 0 Å². The Kier molecular flexibility index (Phi) is 8.26. The number of hydrogen-bond donors (Lipinski definition) is 0. The summed E-state index contributed by atoms with van der Waals surface area (Å²) in [5.74, 6) is 0.217. The molecule has 1 fully saturated rings. The van der Waals surface area contributed by atoms with Crippen LogP contribution in [0.4, 0.5) is 0 Å². The third-order valence-electron chi connectivity index (χ3n) is 8.60. The molecule has 2 aliphatic carbocycles. The predicted molar refractivity (Wildman–Crippen MR) is 169 cm³/mol. The van der Waals surface area contributed by atoms with Crippen LogP contribution < -0.4 is 15.9 Å². The summed E-state index contributed by atoms with van der Waals surface area (Å²) in [5, 5.41) is 3.99. The van der Waals surface area contributed by atoms with Gasteiger partial charge in [0.15, 0.2) is 11.5 Å². The lowest BCUT2D eigenvalue weighted by Crippen LogP contribution is -2.34. The third kappa shape index (κ3) is 5.32. The quantitative estimate of drug-likeness (QED) is 0.160. The van der Waals surface area contributed by atoms with Crippen molar-refractivity contribution in [1.29, 1.82) is 0 Å². The lowest BCUT2D eigenvalue weighted by molar-refractivity contribution is 0.0856. The van der Waals surface area contributed by atoms with E-state index in [2.05, 4.69) is 91.0 Å². The van der Waals surface area contributed by atoms with E-state index in [9.17, 15) is 9.59 Å². The Labute approximate surface area is 243 Å². The lowest BCUT2D eigenvalue weighted by atomic mass is 9.76. The normalized spacial score (nSPS) is 16.0. The molecule has 1 saturated carbocycles. The summed E-state index contributed by atoms with van der Waals surface area (Å²) >= 11 is 0. The zero-order valence-electron chi connectivity index (χ0n) is 23.4. The molecule has 0 radical (unpaired) electrons. The number of hydrogen-bond acceptors (Lipinski definition) is 3. The van der Waals surface area contributed by atoms with Crippen molar-refractivity contribution in [2.45, 2.75) is 38.5 Å². The van der Waals surface area contributed by atoms with Crippen molar-refractivity contribution < 1.29 is 14.3 Å². The molecular weight excluding hydrogens is 523 g/mol. The second-order valence-electron chi connectivity index (χ2n) is 11.0. The number of ketones is 2. The van der Waals surface area contributed by atoms with Gasteiger partial charge in [0, 0.05) is 23.1 Å². The van der Waals surface area contributed by atoms with Crippen LogP contribution in [0.5, 0.6) is 0 Å². The van der Waals surface area contributed by atoms with Crippen LogP contribution in [0.25, 0.3) is 0 Å². The minimum atomic E-state index is -1.99. The van der Waals surface area contributed by atoms with Gasteiger partial charge in [-0.15, -0.1) is 0 Å². The van der Waals surface area contributed by atoms with E-state index in [0.29, 0.717) is 29.1 Å². The molecular formula is C37H36O3P+. The van der Waals surface area contributed by atoms with Gasteiger partial charge < -0.3 is 4.74 Å². The van der Waals surface area contributed by atoms with Crippen LogP contribution >= 0.6 is 7.26 Å². The van der Waals surface area contributed by atoms with Crippen molar-refractivity contribution >= 4 is 34.7 Å². The Balaban J connectivity index is 1.33. The summed E-state index contributed by atoms with van der Waals surface area (Å²) in [5.41, 5.74) is 1.60. The topological polar surface area (TPSA) is 43.4 Å². The van der Waals surface area contributed by atoms with E-state index < -0.39 is 7.26 Å². The lowest BCUT2D eigenvalue weighted by Gasteiger charge is -2.30. The Bertz CT molecular complexity index is 1440. The zero-order valence-corrected chi connectivity index (χ0v) is 24.3. The molecule has 2 aliphatic rings. The number of allylic oxidation sites excluding steroid dienone is 2. The van der Waals surface area contributed by atoms with Crippen molar-refractivity contribution in [3.05, 3.63) is 138 Å².